The van der Waals surface area contributed by atoms with E-state index in [1.807, 2.05) is 6.92 Å². The topological polar surface area (TPSA) is 59.6 Å². The molecule has 0 saturated carbocycles. The van der Waals surface area contributed by atoms with Crippen LogP contribution in [0.2, 0.25) is 5.02 Å². The highest BCUT2D eigenvalue weighted by Crippen LogP contribution is 2.28. The fourth-order valence-electron chi connectivity index (χ4n) is 2.06. The molecular weight excluding hydrogens is 280 g/mol. The van der Waals surface area contributed by atoms with E-state index >= 15 is 0 Å². The highest BCUT2D eigenvalue weighted by atomic mass is 35.5. The maximum atomic E-state index is 12.0. The molecule has 20 heavy (non-hydrogen) atoms. The van der Waals surface area contributed by atoms with Gasteiger partial charge >= 0.3 is 0 Å². The zero-order valence-corrected chi connectivity index (χ0v) is 12.2. The standard InChI is InChI=1S/C14H19ClN2O3/c1-2-20-13-4-3-10(15)7-12(13)17-14(18)8-11-9-19-6-5-16-11/h3-4,7,11,16H,2,5-6,8-9H2,1H3,(H,17,18). The van der Waals surface area contributed by atoms with Gasteiger partial charge in [-0.05, 0) is 25.1 Å². The van der Waals surface area contributed by atoms with Gasteiger partial charge in [0.2, 0.25) is 5.91 Å². The highest BCUT2D eigenvalue weighted by Gasteiger charge is 2.17. The Balaban J connectivity index is 1.97. The molecule has 0 bridgehead atoms. The van der Waals surface area contributed by atoms with E-state index in [0.717, 1.165) is 6.54 Å². The number of hydrogen-bond donors (Lipinski definition) is 2. The maximum absolute atomic E-state index is 12.0. The molecule has 0 aliphatic carbocycles. The molecule has 110 valence electrons. The Morgan fingerprint density at radius 2 is 2.45 bits per heavy atom. The molecule has 1 aromatic carbocycles. The van der Waals surface area contributed by atoms with E-state index in [-0.39, 0.29) is 11.9 Å². The number of anilines is 1. The fraction of sp³-hybridized carbons (Fsp3) is 0.500. The molecular formula is C14H19ClN2O3. The summed E-state index contributed by atoms with van der Waals surface area (Å²) in [5.74, 6) is 0.536. The number of carbonyl (C=O) groups is 1. The van der Waals surface area contributed by atoms with E-state index in [1.165, 1.54) is 0 Å². The largest absolute Gasteiger partial charge is 0.492 e. The smallest absolute Gasteiger partial charge is 0.226 e. The molecule has 0 spiro atoms. The summed E-state index contributed by atoms with van der Waals surface area (Å²) in [4.78, 5) is 12.0. The summed E-state index contributed by atoms with van der Waals surface area (Å²) in [5, 5.41) is 6.64. The molecule has 1 atom stereocenters. The van der Waals surface area contributed by atoms with Gasteiger partial charge in [0.25, 0.3) is 0 Å². The zero-order valence-electron chi connectivity index (χ0n) is 11.4. The number of hydrogen-bond acceptors (Lipinski definition) is 4. The van der Waals surface area contributed by atoms with Crippen molar-refractivity contribution in [3.8, 4) is 5.75 Å². The maximum Gasteiger partial charge on any atom is 0.226 e. The zero-order chi connectivity index (χ0) is 14.4. The number of carbonyl (C=O) groups excluding carboxylic acids is 1. The lowest BCUT2D eigenvalue weighted by Gasteiger charge is -2.23. The van der Waals surface area contributed by atoms with Crippen molar-refractivity contribution in [2.45, 2.75) is 19.4 Å². The van der Waals surface area contributed by atoms with Gasteiger partial charge in [0.05, 0.1) is 25.5 Å². The lowest BCUT2D eigenvalue weighted by atomic mass is 10.2. The molecule has 2 rings (SSSR count). The van der Waals surface area contributed by atoms with E-state index in [0.29, 0.717) is 42.7 Å². The Kier molecular flexibility index (Phi) is 5.64. The van der Waals surface area contributed by atoms with E-state index < -0.39 is 0 Å². The number of ether oxygens (including phenoxy) is 2. The van der Waals surface area contributed by atoms with Crippen LogP contribution in [0.4, 0.5) is 5.69 Å². The Bertz CT molecular complexity index is 462. The first-order chi connectivity index (χ1) is 9.69. The van der Waals surface area contributed by atoms with Gasteiger partial charge in [0.1, 0.15) is 5.75 Å². The van der Waals surface area contributed by atoms with Crippen LogP contribution in [0.1, 0.15) is 13.3 Å². The Morgan fingerprint density at radius 1 is 1.60 bits per heavy atom. The lowest BCUT2D eigenvalue weighted by molar-refractivity contribution is -0.117. The SMILES string of the molecule is CCOc1ccc(Cl)cc1NC(=O)CC1COCCN1. The Morgan fingerprint density at radius 3 is 3.15 bits per heavy atom. The quantitative estimate of drug-likeness (QED) is 0.873. The van der Waals surface area contributed by atoms with Crippen molar-refractivity contribution >= 4 is 23.2 Å². The van der Waals surface area contributed by atoms with Crippen LogP contribution in [-0.2, 0) is 9.53 Å². The number of nitrogens with one attached hydrogen (secondary N) is 2. The minimum Gasteiger partial charge on any atom is -0.492 e. The average Bonchev–Trinajstić information content (AvgIpc) is 2.43. The minimum absolute atomic E-state index is 0.0541. The van der Waals surface area contributed by atoms with Crippen LogP contribution in [0.25, 0.3) is 0 Å². The fourth-order valence-corrected chi connectivity index (χ4v) is 2.23. The second-order valence-electron chi connectivity index (χ2n) is 4.55. The number of halogens is 1. The Labute approximate surface area is 123 Å². The summed E-state index contributed by atoms with van der Waals surface area (Å²) >= 11 is 5.95. The molecule has 1 amide bonds. The summed E-state index contributed by atoms with van der Waals surface area (Å²) in [6, 6.07) is 5.23. The first kappa shape index (κ1) is 15.1. The van der Waals surface area contributed by atoms with Gasteiger partial charge in [-0.1, -0.05) is 11.6 Å². The summed E-state index contributed by atoms with van der Waals surface area (Å²) < 4.78 is 10.8. The number of rotatable bonds is 5. The lowest BCUT2D eigenvalue weighted by Crippen LogP contribution is -2.43. The van der Waals surface area contributed by atoms with Crippen LogP contribution >= 0.6 is 11.6 Å². The highest BCUT2D eigenvalue weighted by molar-refractivity contribution is 6.31. The van der Waals surface area contributed by atoms with E-state index in [2.05, 4.69) is 10.6 Å². The predicted octanol–water partition coefficient (Wildman–Crippen LogP) is 2.06. The molecule has 1 aliphatic heterocycles. The molecule has 1 saturated heterocycles. The third-order valence-electron chi connectivity index (χ3n) is 2.95. The molecule has 2 N–H and O–H groups in total. The van der Waals surface area contributed by atoms with Crippen molar-refractivity contribution in [1.82, 2.24) is 5.32 Å². The van der Waals surface area contributed by atoms with Crippen molar-refractivity contribution in [3.63, 3.8) is 0 Å². The first-order valence-electron chi connectivity index (χ1n) is 6.72. The molecule has 1 heterocycles. The molecule has 0 radical (unpaired) electrons. The summed E-state index contributed by atoms with van der Waals surface area (Å²) in [6.45, 7) is 4.45. The average molecular weight is 299 g/mol. The third-order valence-corrected chi connectivity index (χ3v) is 3.18. The van der Waals surface area contributed by atoms with E-state index in [9.17, 15) is 4.79 Å². The van der Waals surface area contributed by atoms with Crippen LogP contribution in [0.3, 0.4) is 0 Å². The van der Waals surface area contributed by atoms with Crippen molar-refractivity contribution in [1.29, 1.82) is 0 Å². The van der Waals surface area contributed by atoms with Gasteiger partial charge in [-0.15, -0.1) is 0 Å². The molecule has 1 aliphatic rings. The van der Waals surface area contributed by atoms with Gasteiger partial charge in [0.15, 0.2) is 0 Å². The predicted molar refractivity (Wildman–Crippen MR) is 78.5 cm³/mol. The van der Waals surface area contributed by atoms with Crippen molar-refractivity contribution in [2.24, 2.45) is 0 Å². The monoisotopic (exact) mass is 298 g/mol. The second kappa shape index (κ2) is 7.47. The minimum atomic E-state index is -0.0868. The number of amides is 1. The van der Waals surface area contributed by atoms with Gasteiger partial charge in [-0.3, -0.25) is 4.79 Å². The number of morpholine rings is 1. The third kappa shape index (κ3) is 4.37. The van der Waals surface area contributed by atoms with Crippen LogP contribution in [0.15, 0.2) is 18.2 Å². The van der Waals surface area contributed by atoms with Crippen molar-refractivity contribution in [3.05, 3.63) is 23.2 Å². The molecule has 1 fully saturated rings. The van der Waals surface area contributed by atoms with Gasteiger partial charge < -0.3 is 20.1 Å². The molecule has 1 aromatic rings. The molecule has 1 unspecified atom stereocenters. The number of benzene rings is 1. The van der Waals surface area contributed by atoms with Crippen molar-refractivity contribution in [2.75, 3.05) is 31.7 Å². The first-order valence-corrected chi connectivity index (χ1v) is 7.10. The summed E-state index contributed by atoms with van der Waals surface area (Å²) in [5.41, 5.74) is 0.598. The summed E-state index contributed by atoms with van der Waals surface area (Å²) in [6.07, 6.45) is 0.359. The normalized spacial score (nSPS) is 18.6. The van der Waals surface area contributed by atoms with Crippen LogP contribution in [0, 0.1) is 0 Å². The summed E-state index contributed by atoms with van der Waals surface area (Å²) in [7, 11) is 0. The van der Waals surface area contributed by atoms with Gasteiger partial charge in [-0.25, -0.2) is 0 Å². The molecule has 6 heteroatoms. The van der Waals surface area contributed by atoms with E-state index in [1.54, 1.807) is 18.2 Å². The molecule has 5 nitrogen and oxygen atoms in total. The van der Waals surface area contributed by atoms with Crippen LogP contribution in [-0.4, -0.2) is 38.3 Å². The van der Waals surface area contributed by atoms with Crippen LogP contribution in [0.5, 0.6) is 5.75 Å². The van der Waals surface area contributed by atoms with Crippen LogP contribution < -0.4 is 15.4 Å². The Hall–Kier alpha value is -1.30. The molecule has 0 aromatic heterocycles. The van der Waals surface area contributed by atoms with Gasteiger partial charge in [0, 0.05) is 24.0 Å². The van der Waals surface area contributed by atoms with Gasteiger partial charge in [-0.2, -0.15) is 0 Å². The van der Waals surface area contributed by atoms with Crippen molar-refractivity contribution < 1.29 is 14.3 Å². The second-order valence-corrected chi connectivity index (χ2v) is 4.99. The van der Waals surface area contributed by atoms with E-state index in [4.69, 9.17) is 21.1 Å².